The summed E-state index contributed by atoms with van der Waals surface area (Å²) >= 11 is 0. The molecule has 2 heterocycles. The highest BCUT2D eigenvalue weighted by Gasteiger charge is 2.43. The molecule has 30 heavy (non-hydrogen) atoms. The van der Waals surface area contributed by atoms with Gasteiger partial charge in [-0.15, -0.1) is 0 Å². The van der Waals surface area contributed by atoms with Gasteiger partial charge in [0.25, 0.3) is 0 Å². The second-order valence-electron chi connectivity index (χ2n) is 11.2. The van der Waals surface area contributed by atoms with E-state index in [1.54, 1.807) is 0 Å². The predicted octanol–water partition coefficient (Wildman–Crippen LogP) is 5.51. The monoisotopic (exact) mass is 456 g/mol. The highest BCUT2D eigenvalue weighted by atomic mass is 32.2. The second-order valence-corrected chi connectivity index (χ2v) is 14.0. The van der Waals surface area contributed by atoms with E-state index < -0.39 is 22.0 Å². The van der Waals surface area contributed by atoms with Gasteiger partial charge >= 0.3 is 0 Å². The minimum Gasteiger partial charge on any atom is -0.243 e. The molecule has 0 fully saturated rings. The Hall–Kier alpha value is -0.300. The first-order valence-electron chi connectivity index (χ1n) is 11.4. The third-order valence-corrected chi connectivity index (χ3v) is 10.2. The van der Waals surface area contributed by atoms with Crippen molar-refractivity contribution in [2.75, 3.05) is 11.5 Å². The lowest BCUT2D eigenvalue weighted by molar-refractivity contribution is 0.142. The molecule has 0 aromatic rings. The molecule has 0 saturated carbocycles. The molecule has 0 amide bonds. The Bertz CT molecular complexity index is 648. The van der Waals surface area contributed by atoms with Gasteiger partial charge in [-0.3, -0.25) is 0 Å². The first kappa shape index (κ1) is 26.0. The summed E-state index contributed by atoms with van der Waals surface area (Å²) in [4.78, 5) is 0. The Morgan fingerprint density at radius 3 is 1.27 bits per heavy atom. The third kappa shape index (κ3) is 6.14. The first-order chi connectivity index (χ1) is 13.7. The van der Waals surface area contributed by atoms with Crippen LogP contribution in [0.5, 0.6) is 0 Å². The van der Waals surface area contributed by atoms with Gasteiger partial charge in [-0.05, 0) is 81.1 Å². The first-order valence-corrected chi connectivity index (χ1v) is 14.0. The average Bonchev–Trinajstić information content (AvgIpc) is 2.54. The molecule has 2 aliphatic rings. The largest absolute Gasteiger partial charge is 0.243 e. The molecule has 4 nitrogen and oxygen atoms in total. The van der Waals surface area contributed by atoms with Gasteiger partial charge in [0, 0.05) is 33.7 Å². The van der Waals surface area contributed by atoms with Gasteiger partial charge in [0.1, 0.15) is 0 Å². The third-order valence-electron chi connectivity index (χ3n) is 6.23. The van der Waals surface area contributed by atoms with Crippen LogP contribution in [0.3, 0.4) is 0 Å². The van der Waals surface area contributed by atoms with Gasteiger partial charge in [0.05, 0.1) is 22.0 Å². The van der Waals surface area contributed by atoms with Crippen LogP contribution < -0.4 is 0 Å². The van der Waals surface area contributed by atoms with Gasteiger partial charge in [0.15, 0.2) is 0 Å². The molecule has 2 aliphatic heterocycles. The van der Waals surface area contributed by atoms with Gasteiger partial charge in [0.2, 0.25) is 0 Å². The molecule has 2 atom stereocenters. The topological polar surface area (TPSA) is 40.6 Å². The van der Waals surface area contributed by atoms with Crippen molar-refractivity contribution < 1.29 is 8.42 Å². The number of hydrogen-bond acceptors (Lipinski definition) is 2. The van der Waals surface area contributed by atoms with Crippen LogP contribution in [0.15, 0.2) is 24.3 Å². The van der Waals surface area contributed by atoms with Crippen LogP contribution in [0.1, 0.15) is 93.9 Å². The number of rotatable bonds is 9. The Morgan fingerprint density at radius 1 is 0.633 bits per heavy atom. The highest BCUT2D eigenvalue weighted by molar-refractivity contribution is 7.83. The predicted molar refractivity (Wildman–Crippen MR) is 132 cm³/mol. The Kier molecular flexibility index (Phi) is 8.37. The maximum Gasteiger partial charge on any atom is 0.0955 e. The zero-order chi connectivity index (χ0) is 22.8. The van der Waals surface area contributed by atoms with Crippen molar-refractivity contribution in [2.24, 2.45) is 0 Å². The lowest BCUT2D eigenvalue weighted by atomic mass is 9.88. The van der Waals surface area contributed by atoms with Crippen LogP contribution in [0.25, 0.3) is 0 Å². The summed E-state index contributed by atoms with van der Waals surface area (Å²) in [6, 6.07) is 0. The Labute approximate surface area is 190 Å². The number of hydrogen-bond donors (Lipinski definition) is 0. The maximum atomic E-state index is 13.1. The molecule has 0 aromatic carbocycles. The van der Waals surface area contributed by atoms with E-state index in [9.17, 15) is 8.42 Å². The lowest BCUT2D eigenvalue weighted by Crippen LogP contribution is -2.57. The molecule has 2 rings (SSSR count). The standard InChI is InChI=1S/C24H44N2O2S2/c1-21(2)15-13-16-22(3,4)25(21)29(27)19-11-9-10-12-20-30(28)26-23(5,6)17-14-18-24(26,7)8/h13-15,17H,9-12,16,18-20H2,1-8H3. The Balaban J connectivity index is 1.77. The SMILES string of the molecule is CC1(C)C=CCC(C)(C)N1S(=O)CCCCCCS(=O)N1C(C)(C)C=CCC1(C)C. The van der Waals surface area contributed by atoms with Gasteiger partial charge in [-0.25, -0.2) is 17.0 Å². The van der Waals surface area contributed by atoms with Crippen molar-refractivity contribution in [1.29, 1.82) is 0 Å². The fourth-order valence-electron chi connectivity index (χ4n) is 5.20. The number of nitrogens with zero attached hydrogens (tertiary/aromatic N) is 2. The summed E-state index contributed by atoms with van der Waals surface area (Å²) in [6.45, 7) is 17.3. The molecule has 0 aliphatic carbocycles. The zero-order valence-electron chi connectivity index (χ0n) is 20.5. The molecule has 0 N–H and O–H groups in total. The fourth-order valence-corrected chi connectivity index (χ4v) is 8.89. The van der Waals surface area contributed by atoms with Crippen molar-refractivity contribution in [3.05, 3.63) is 24.3 Å². The molecule has 2 unspecified atom stereocenters. The van der Waals surface area contributed by atoms with E-state index in [0.29, 0.717) is 11.5 Å². The maximum absolute atomic E-state index is 13.1. The summed E-state index contributed by atoms with van der Waals surface area (Å²) in [5.74, 6) is 1.42. The van der Waals surface area contributed by atoms with E-state index in [4.69, 9.17) is 0 Å². The van der Waals surface area contributed by atoms with E-state index in [1.165, 1.54) is 0 Å². The molecule has 0 bridgehead atoms. The van der Waals surface area contributed by atoms with Crippen LogP contribution in [-0.2, 0) is 22.0 Å². The molecular formula is C24H44N2O2S2. The smallest absolute Gasteiger partial charge is 0.0955 e. The zero-order valence-corrected chi connectivity index (χ0v) is 22.1. The van der Waals surface area contributed by atoms with Crippen molar-refractivity contribution in [1.82, 2.24) is 8.61 Å². The minimum atomic E-state index is -0.978. The lowest BCUT2D eigenvalue weighted by Gasteiger charge is -2.48. The van der Waals surface area contributed by atoms with Gasteiger partial charge in [-0.1, -0.05) is 37.1 Å². The molecule has 174 valence electrons. The molecule has 0 spiro atoms. The van der Waals surface area contributed by atoms with E-state index in [1.807, 2.05) is 0 Å². The van der Waals surface area contributed by atoms with E-state index in [2.05, 4.69) is 88.3 Å². The normalized spacial score (nSPS) is 27.1. The molecule has 0 radical (unpaired) electrons. The van der Waals surface area contributed by atoms with Crippen molar-refractivity contribution in [2.45, 2.75) is 116 Å². The quantitative estimate of drug-likeness (QED) is 0.339. The molecule has 6 heteroatoms. The van der Waals surface area contributed by atoms with Crippen molar-refractivity contribution in [3.8, 4) is 0 Å². The summed E-state index contributed by atoms with van der Waals surface area (Å²) in [5, 5.41) is 0. The molecular weight excluding hydrogens is 412 g/mol. The van der Waals surface area contributed by atoms with Gasteiger partial charge in [-0.2, -0.15) is 0 Å². The van der Waals surface area contributed by atoms with Crippen molar-refractivity contribution >= 4 is 22.0 Å². The molecule has 0 saturated heterocycles. The minimum absolute atomic E-state index is 0.0808. The van der Waals surface area contributed by atoms with E-state index in [-0.39, 0.29) is 22.2 Å². The fraction of sp³-hybridized carbons (Fsp3) is 0.833. The van der Waals surface area contributed by atoms with E-state index >= 15 is 0 Å². The van der Waals surface area contributed by atoms with Crippen LogP contribution in [-0.4, -0.2) is 50.7 Å². The Morgan fingerprint density at radius 2 is 0.967 bits per heavy atom. The van der Waals surface area contributed by atoms with Crippen LogP contribution in [0.4, 0.5) is 0 Å². The van der Waals surface area contributed by atoms with Crippen LogP contribution in [0, 0.1) is 0 Å². The van der Waals surface area contributed by atoms with Crippen LogP contribution >= 0.6 is 0 Å². The van der Waals surface area contributed by atoms with Crippen molar-refractivity contribution in [3.63, 3.8) is 0 Å². The van der Waals surface area contributed by atoms with Gasteiger partial charge < -0.3 is 0 Å². The number of unbranched alkanes of at least 4 members (excludes halogenated alkanes) is 3. The van der Waals surface area contributed by atoms with E-state index in [0.717, 1.165) is 38.5 Å². The summed E-state index contributed by atoms with van der Waals surface area (Å²) in [7, 11) is -1.96. The molecule has 0 aromatic heterocycles. The highest BCUT2D eigenvalue weighted by Crippen LogP contribution is 2.36. The summed E-state index contributed by atoms with van der Waals surface area (Å²) in [6.07, 6.45) is 14.7. The van der Waals surface area contributed by atoms with Crippen LogP contribution in [0.2, 0.25) is 0 Å². The second kappa shape index (κ2) is 9.68. The summed E-state index contributed by atoms with van der Waals surface area (Å²) in [5.41, 5.74) is -0.511. The average molecular weight is 457 g/mol. The summed E-state index contributed by atoms with van der Waals surface area (Å²) < 4.78 is 30.5.